The van der Waals surface area contributed by atoms with E-state index in [0.29, 0.717) is 19.1 Å². The zero-order valence-corrected chi connectivity index (χ0v) is 13.7. The average Bonchev–Trinajstić information content (AvgIpc) is 2.98. The lowest BCUT2D eigenvalue weighted by Crippen LogP contribution is -2.32. The topological polar surface area (TPSA) is 84.7 Å². The summed E-state index contributed by atoms with van der Waals surface area (Å²) in [5.41, 5.74) is -0.239. The third-order valence-corrected chi connectivity index (χ3v) is 4.17. The van der Waals surface area contributed by atoms with Gasteiger partial charge in [-0.3, -0.25) is 14.9 Å². The number of halogens is 1. The smallest absolute Gasteiger partial charge is 0.283 e. The lowest BCUT2D eigenvalue weighted by molar-refractivity contribution is -0.385. The molecule has 126 valence electrons. The monoisotopic (exact) mass is 341 g/mol. The average molecular weight is 342 g/mol. The fraction of sp³-hybridized carbons (Fsp3) is 0.533. The van der Waals surface area contributed by atoms with E-state index < -0.39 is 10.8 Å². The molecule has 2 rings (SSSR count). The van der Waals surface area contributed by atoms with Crippen molar-refractivity contribution in [2.24, 2.45) is 5.92 Å². The van der Waals surface area contributed by atoms with E-state index in [2.05, 4.69) is 10.2 Å². The second-order valence-electron chi connectivity index (χ2n) is 5.58. The molecule has 0 aromatic heterocycles. The van der Waals surface area contributed by atoms with Crippen LogP contribution in [-0.4, -0.2) is 55.6 Å². The Morgan fingerprint density at radius 3 is 3.04 bits per heavy atom. The SMILES string of the molecule is COCCN1CC[C@H](CNC(=O)c2ccc(Cl)cc2[N+](=O)[O-])C1. The molecule has 1 N–H and O–H groups in total. The molecule has 0 saturated carbocycles. The minimum atomic E-state index is -0.594. The van der Waals surface area contributed by atoms with Crippen molar-refractivity contribution >= 4 is 23.2 Å². The van der Waals surface area contributed by atoms with Gasteiger partial charge in [0, 0.05) is 37.8 Å². The number of nitrogens with one attached hydrogen (secondary N) is 1. The van der Waals surface area contributed by atoms with Crippen LogP contribution in [0.25, 0.3) is 0 Å². The number of hydrogen-bond donors (Lipinski definition) is 1. The molecular formula is C15H20ClN3O4. The van der Waals surface area contributed by atoms with E-state index in [-0.39, 0.29) is 16.3 Å². The molecule has 1 atom stereocenters. The van der Waals surface area contributed by atoms with Crippen LogP contribution in [0.3, 0.4) is 0 Å². The van der Waals surface area contributed by atoms with Crippen LogP contribution in [-0.2, 0) is 4.74 Å². The number of nitro groups is 1. The van der Waals surface area contributed by atoms with E-state index >= 15 is 0 Å². The molecule has 0 radical (unpaired) electrons. The summed E-state index contributed by atoms with van der Waals surface area (Å²) in [6.45, 7) is 3.94. The molecule has 1 aliphatic rings. The second-order valence-corrected chi connectivity index (χ2v) is 6.01. The van der Waals surface area contributed by atoms with E-state index in [4.69, 9.17) is 16.3 Å². The predicted octanol–water partition coefficient (Wildman–Crippen LogP) is 1.95. The number of amides is 1. The van der Waals surface area contributed by atoms with Crippen LogP contribution in [0.15, 0.2) is 18.2 Å². The zero-order chi connectivity index (χ0) is 16.8. The van der Waals surface area contributed by atoms with E-state index in [0.717, 1.165) is 26.1 Å². The van der Waals surface area contributed by atoms with Gasteiger partial charge in [0.05, 0.1) is 11.5 Å². The molecule has 0 unspecified atom stereocenters. The van der Waals surface area contributed by atoms with E-state index in [9.17, 15) is 14.9 Å². The Hall–Kier alpha value is -1.70. The lowest BCUT2D eigenvalue weighted by Gasteiger charge is -2.15. The van der Waals surface area contributed by atoms with Crippen molar-refractivity contribution in [1.29, 1.82) is 0 Å². The fourth-order valence-electron chi connectivity index (χ4n) is 2.68. The van der Waals surface area contributed by atoms with Crippen molar-refractivity contribution in [3.05, 3.63) is 38.9 Å². The van der Waals surface area contributed by atoms with Crippen LogP contribution >= 0.6 is 11.6 Å². The van der Waals surface area contributed by atoms with Crippen LogP contribution in [0.2, 0.25) is 5.02 Å². The van der Waals surface area contributed by atoms with Gasteiger partial charge in [0.1, 0.15) is 5.56 Å². The Morgan fingerprint density at radius 2 is 2.35 bits per heavy atom. The molecule has 8 heteroatoms. The van der Waals surface area contributed by atoms with Crippen LogP contribution in [0.1, 0.15) is 16.8 Å². The number of nitrogens with zero attached hydrogens (tertiary/aromatic N) is 2. The molecule has 0 spiro atoms. The Morgan fingerprint density at radius 1 is 1.57 bits per heavy atom. The minimum Gasteiger partial charge on any atom is -0.383 e. The molecule has 1 fully saturated rings. The number of benzene rings is 1. The highest BCUT2D eigenvalue weighted by molar-refractivity contribution is 6.31. The predicted molar refractivity (Wildman–Crippen MR) is 86.9 cm³/mol. The molecule has 23 heavy (non-hydrogen) atoms. The summed E-state index contributed by atoms with van der Waals surface area (Å²) in [5, 5.41) is 14.1. The number of carbonyl (C=O) groups is 1. The van der Waals surface area contributed by atoms with Crippen LogP contribution in [0.5, 0.6) is 0 Å². The van der Waals surface area contributed by atoms with Gasteiger partial charge in [-0.25, -0.2) is 0 Å². The highest BCUT2D eigenvalue weighted by Gasteiger charge is 2.24. The maximum absolute atomic E-state index is 12.2. The number of carbonyl (C=O) groups excluding carboxylic acids is 1. The lowest BCUT2D eigenvalue weighted by atomic mass is 10.1. The van der Waals surface area contributed by atoms with Crippen molar-refractivity contribution in [1.82, 2.24) is 10.2 Å². The standard InChI is InChI=1S/C15H20ClN3O4/c1-23-7-6-18-5-4-11(10-18)9-17-15(20)13-3-2-12(16)8-14(13)19(21)22/h2-3,8,11H,4-7,9-10H2,1H3,(H,17,20)/t11-/m1/s1. The van der Waals surface area contributed by atoms with Crippen LogP contribution < -0.4 is 5.32 Å². The molecule has 0 aliphatic carbocycles. The van der Waals surface area contributed by atoms with Crippen LogP contribution in [0.4, 0.5) is 5.69 Å². The maximum atomic E-state index is 12.2. The number of rotatable bonds is 7. The summed E-state index contributed by atoms with van der Waals surface area (Å²) in [5.74, 6) is -0.0918. The van der Waals surface area contributed by atoms with Crippen molar-refractivity contribution < 1.29 is 14.5 Å². The first kappa shape index (κ1) is 17.7. The Kier molecular flexibility index (Phi) is 6.32. The van der Waals surface area contributed by atoms with Crippen molar-refractivity contribution in [2.45, 2.75) is 6.42 Å². The van der Waals surface area contributed by atoms with Gasteiger partial charge in [0.25, 0.3) is 11.6 Å². The van der Waals surface area contributed by atoms with E-state index in [1.165, 1.54) is 18.2 Å². The minimum absolute atomic E-state index is 0.0358. The van der Waals surface area contributed by atoms with E-state index in [1.54, 1.807) is 7.11 Å². The molecule has 7 nitrogen and oxygen atoms in total. The van der Waals surface area contributed by atoms with Gasteiger partial charge in [-0.2, -0.15) is 0 Å². The van der Waals surface area contributed by atoms with Gasteiger partial charge < -0.3 is 15.0 Å². The summed E-state index contributed by atoms with van der Waals surface area (Å²) in [6.07, 6.45) is 0.993. The molecule has 1 aliphatic heterocycles. The summed E-state index contributed by atoms with van der Waals surface area (Å²) < 4.78 is 5.05. The number of likely N-dealkylation sites (tertiary alicyclic amines) is 1. The number of hydrogen-bond acceptors (Lipinski definition) is 5. The molecule has 1 amide bonds. The van der Waals surface area contributed by atoms with Crippen molar-refractivity contribution in [2.75, 3.05) is 39.9 Å². The number of nitro benzene ring substituents is 1. The highest BCUT2D eigenvalue weighted by atomic mass is 35.5. The molecule has 1 saturated heterocycles. The zero-order valence-electron chi connectivity index (χ0n) is 13.0. The summed E-state index contributed by atoms with van der Waals surface area (Å²) in [6, 6.07) is 4.05. The molecule has 1 aromatic carbocycles. The van der Waals surface area contributed by atoms with Crippen molar-refractivity contribution in [3.8, 4) is 0 Å². The first-order valence-corrected chi connectivity index (χ1v) is 7.82. The molecule has 1 heterocycles. The highest BCUT2D eigenvalue weighted by Crippen LogP contribution is 2.23. The number of methoxy groups -OCH3 is 1. The van der Waals surface area contributed by atoms with Gasteiger partial charge in [-0.05, 0) is 31.0 Å². The van der Waals surface area contributed by atoms with Gasteiger partial charge in [-0.15, -0.1) is 0 Å². The van der Waals surface area contributed by atoms with Gasteiger partial charge in [0.2, 0.25) is 0 Å². The third-order valence-electron chi connectivity index (χ3n) is 3.93. The van der Waals surface area contributed by atoms with Crippen LogP contribution in [0, 0.1) is 16.0 Å². The first-order valence-electron chi connectivity index (χ1n) is 7.44. The van der Waals surface area contributed by atoms with Crippen molar-refractivity contribution in [3.63, 3.8) is 0 Å². The van der Waals surface area contributed by atoms with Gasteiger partial charge in [-0.1, -0.05) is 11.6 Å². The normalized spacial score (nSPS) is 18.1. The van der Waals surface area contributed by atoms with Gasteiger partial charge >= 0.3 is 0 Å². The number of ether oxygens (including phenoxy) is 1. The Labute approximate surface area is 139 Å². The summed E-state index contributed by atoms with van der Waals surface area (Å²) in [7, 11) is 1.67. The second kappa shape index (κ2) is 8.24. The third kappa shape index (κ3) is 4.89. The summed E-state index contributed by atoms with van der Waals surface area (Å²) in [4.78, 5) is 24.9. The largest absolute Gasteiger partial charge is 0.383 e. The molecule has 0 bridgehead atoms. The van der Waals surface area contributed by atoms with Gasteiger partial charge in [0.15, 0.2) is 0 Å². The molecule has 1 aromatic rings. The Balaban J connectivity index is 1.90. The maximum Gasteiger partial charge on any atom is 0.283 e. The van der Waals surface area contributed by atoms with E-state index in [1.807, 2.05) is 0 Å². The molecular weight excluding hydrogens is 322 g/mol. The first-order chi connectivity index (χ1) is 11.0. The fourth-order valence-corrected chi connectivity index (χ4v) is 2.85. The quantitative estimate of drug-likeness (QED) is 0.605. The Bertz CT molecular complexity index is 582. The summed E-state index contributed by atoms with van der Waals surface area (Å²) >= 11 is 5.75.